The van der Waals surface area contributed by atoms with Crippen LogP contribution in [-0.2, 0) is 4.79 Å². The Morgan fingerprint density at radius 1 is 1.64 bits per heavy atom. The van der Waals surface area contributed by atoms with E-state index in [1.54, 1.807) is 6.07 Å². The number of anilines is 1. The fraction of sp³-hybridized carbons (Fsp3) is 0.125. The van der Waals surface area contributed by atoms with Crippen LogP contribution in [0.5, 0.6) is 0 Å². The minimum atomic E-state index is -0.0688. The van der Waals surface area contributed by atoms with Crippen molar-refractivity contribution in [2.75, 3.05) is 5.32 Å². The van der Waals surface area contributed by atoms with Crippen molar-refractivity contribution in [3.8, 4) is 0 Å². The van der Waals surface area contributed by atoms with Crippen LogP contribution in [0.25, 0.3) is 0 Å². The fourth-order valence-electron chi connectivity index (χ4n) is 0.687. The van der Waals surface area contributed by atoms with E-state index in [1.165, 1.54) is 6.92 Å². The molecule has 0 heterocycles. The average Bonchev–Trinajstić information content (AvgIpc) is 1.93. The Balaban J connectivity index is 2.74. The van der Waals surface area contributed by atoms with Gasteiger partial charge in [-0.2, -0.15) is 0 Å². The van der Waals surface area contributed by atoms with Crippen LogP contribution in [0, 0.1) is 6.07 Å². The van der Waals surface area contributed by atoms with Gasteiger partial charge in [0.15, 0.2) is 0 Å². The van der Waals surface area contributed by atoms with E-state index in [2.05, 4.69) is 27.3 Å². The van der Waals surface area contributed by atoms with Crippen LogP contribution in [0.1, 0.15) is 6.92 Å². The fourth-order valence-corrected chi connectivity index (χ4v) is 0.934. The van der Waals surface area contributed by atoms with E-state index in [0.29, 0.717) is 0 Å². The zero-order valence-corrected chi connectivity index (χ0v) is 7.60. The van der Waals surface area contributed by atoms with Crippen molar-refractivity contribution in [1.82, 2.24) is 0 Å². The van der Waals surface area contributed by atoms with Gasteiger partial charge < -0.3 is 5.32 Å². The lowest BCUT2D eigenvalue weighted by Gasteiger charge is -1.99. The predicted molar refractivity (Wildman–Crippen MR) is 47.3 cm³/mol. The molecule has 0 bridgehead atoms. The van der Waals surface area contributed by atoms with Gasteiger partial charge in [-0.1, -0.05) is 15.9 Å². The highest BCUT2D eigenvalue weighted by atomic mass is 79.9. The SMILES string of the molecule is CC(=O)Nc1c[c]c(Br)cc1. The van der Waals surface area contributed by atoms with E-state index in [4.69, 9.17) is 0 Å². The van der Waals surface area contributed by atoms with Crippen LogP contribution in [0.15, 0.2) is 22.7 Å². The molecule has 0 fully saturated rings. The Morgan fingerprint density at radius 2 is 2.36 bits per heavy atom. The molecule has 0 aromatic heterocycles. The molecule has 0 saturated heterocycles. The minimum Gasteiger partial charge on any atom is -0.326 e. The third-order valence-corrected chi connectivity index (χ3v) is 1.59. The molecule has 1 aromatic carbocycles. The van der Waals surface area contributed by atoms with Crippen molar-refractivity contribution in [1.29, 1.82) is 0 Å². The van der Waals surface area contributed by atoms with E-state index in [-0.39, 0.29) is 5.91 Å². The molecule has 1 N–H and O–H groups in total. The number of hydrogen-bond donors (Lipinski definition) is 1. The summed E-state index contributed by atoms with van der Waals surface area (Å²) in [6.45, 7) is 1.47. The molecule has 2 nitrogen and oxygen atoms in total. The highest BCUT2D eigenvalue weighted by Crippen LogP contribution is 2.12. The number of hydrogen-bond acceptors (Lipinski definition) is 1. The van der Waals surface area contributed by atoms with Crippen molar-refractivity contribution < 1.29 is 4.79 Å². The Hall–Kier alpha value is -0.830. The molecule has 1 rings (SSSR count). The highest BCUT2D eigenvalue weighted by Gasteiger charge is 1.93. The summed E-state index contributed by atoms with van der Waals surface area (Å²) >= 11 is 3.24. The van der Waals surface area contributed by atoms with Crippen molar-refractivity contribution in [2.45, 2.75) is 6.92 Å². The van der Waals surface area contributed by atoms with Crippen LogP contribution in [0.3, 0.4) is 0 Å². The number of rotatable bonds is 1. The van der Waals surface area contributed by atoms with Crippen LogP contribution in [0.2, 0.25) is 0 Å². The maximum atomic E-state index is 10.6. The van der Waals surface area contributed by atoms with Crippen LogP contribution >= 0.6 is 15.9 Å². The summed E-state index contributed by atoms with van der Waals surface area (Å²) in [6.07, 6.45) is 0. The Kier molecular flexibility index (Phi) is 2.65. The third kappa shape index (κ3) is 2.72. The summed E-state index contributed by atoms with van der Waals surface area (Å²) in [6, 6.07) is 8.25. The summed E-state index contributed by atoms with van der Waals surface area (Å²) in [5, 5.41) is 2.64. The second kappa shape index (κ2) is 3.53. The largest absolute Gasteiger partial charge is 0.326 e. The molecule has 57 valence electrons. The highest BCUT2D eigenvalue weighted by molar-refractivity contribution is 9.10. The standard InChI is InChI=1S/C8H7BrNO/c1-6(11)10-8-4-2-7(9)3-5-8/h2,4-5H,1H3,(H,10,11). The first-order valence-corrected chi connectivity index (χ1v) is 3.92. The molecule has 11 heavy (non-hydrogen) atoms. The van der Waals surface area contributed by atoms with Gasteiger partial charge in [-0.3, -0.25) is 4.79 Å². The number of nitrogens with one attached hydrogen (secondary N) is 1. The first-order chi connectivity index (χ1) is 5.18. The van der Waals surface area contributed by atoms with Crippen LogP contribution < -0.4 is 5.32 Å². The summed E-state index contributed by atoms with van der Waals surface area (Å²) in [7, 11) is 0. The molecular formula is C8H7BrNO. The topological polar surface area (TPSA) is 29.1 Å². The summed E-state index contributed by atoms with van der Waals surface area (Å²) in [4.78, 5) is 10.6. The lowest BCUT2D eigenvalue weighted by atomic mass is 10.3. The summed E-state index contributed by atoms with van der Waals surface area (Å²) < 4.78 is 0.881. The van der Waals surface area contributed by atoms with Crippen LogP contribution in [-0.4, -0.2) is 5.91 Å². The lowest BCUT2D eigenvalue weighted by Crippen LogP contribution is -2.05. The number of halogens is 1. The van der Waals surface area contributed by atoms with E-state index < -0.39 is 0 Å². The molecule has 1 radical (unpaired) electrons. The monoisotopic (exact) mass is 212 g/mol. The van der Waals surface area contributed by atoms with Crippen molar-refractivity contribution in [2.24, 2.45) is 0 Å². The first-order valence-electron chi connectivity index (χ1n) is 3.13. The lowest BCUT2D eigenvalue weighted by molar-refractivity contribution is -0.114. The van der Waals surface area contributed by atoms with Gasteiger partial charge >= 0.3 is 0 Å². The molecular weight excluding hydrogens is 206 g/mol. The molecule has 0 saturated carbocycles. The molecule has 0 aliphatic carbocycles. The number of benzene rings is 1. The van der Waals surface area contributed by atoms with Gasteiger partial charge in [-0.05, 0) is 24.3 Å². The minimum absolute atomic E-state index is 0.0688. The molecule has 0 aliphatic heterocycles. The molecule has 0 aliphatic rings. The second-order valence-corrected chi connectivity index (χ2v) is 2.96. The van der Waals surface area contributed by atoms with Crippen molar-refractivity contribution in [3.05, 3.63) is 28.7 Å². The zero-order valence-electron chi connectivity index (χ0n) is 6.02. The molecule has 1 amide bonds. The van der Waals surface area contributed by atoms with Gasteiger partial charge in [0.05, 0.1) is 0 Å². The zero-order chi connectivity index (χ0) is 8.27. The Morgan fingerprint density at radius 3 is 2.82 bits per heavy atom. The quantitative estimate of drug-likeness (QED) is 0.761. The first kappa shape index (κ1) is 8.27. The molecule has 0 unspecified atom stereocenters. The van der Waals surface area contributed by atoms with E-state index in [0.717, 1.165) is 10.2 Å². The van der Waals surface area contributed by atoms with Gasteiger partial charge in [0.25, 0.3) is 0 Å². The number of carbonyl (C=O) groups is 1. The average molecular weight is 213 g/mol. The molecule has 3 heteroatoms. The second-order valence-electron chi connectivity index (χ2n) is 2.11. The molecule has 0 spiro atoms. The van der Waals surface area contributed by atoms with E-state index in [1.807, 2.05) is 12.1 Å². The molecule has 0 atom stereocenters. The van der Waals surface area contributed by atoms with Crippen LogP contribution in [0.4, 0.5) is 5.69 Å². The van der Waals surface area contributed by atoms with E-state index in [9.17, 15) is 4.79 Å². The normalized spacial score (nSPS) is 9.27. The third-order valence-electron chi connectivity index (χ3n) is 1.10. The number of amides is 1. The summed E-state index contributed by atoms with van der Waals surface area (Å²) in [5.41, 5.74) is 0.765. The van der Waals surface area contributed by atoms with Crippen molar-refractivity contribution in [3.63, 3.8) is 0 Å². The van der Waals surface area contributed by atoms with Crippen molar-refractivity contribution >= 4 is 27.5 Å². The Labute approximate surface area is 73.7 Å². The smallest absolute Gasteiger partial charge is 0.221 e. The van der Waals surface area contributed by atoms with Gasteiger partial charge in [0.1, 0.15) is 0 Å². The van der Waals surface area contributed by atoms with E-state index >= 15 is 0 Å². The maximum absolute atomic E-state index is 10.6. The maximum Gasteiger partial charge on any atom is 0.221 e. The Bertz CT molecular complexity index is 255. The predicted octanol–water partition coefficient (Wildman–Crippen LogP) is 2.21. The van der Waals surface area contributed by atoms with Gasteiger partial charge in [0, 0.05) is 17.1 Å². The van der Waals surface area contributed by atoms with Gasteiger partial charge in [-0.25, -0.2) is 0 Å². The number of carbonyl (C=O) groups excluding carboxylic acids is 1. The van der Waals surface area contributed by atoms with Gasteiger partial charge in [-0.15, -0.1) is 0 Å². The summed E-state index contributed by atoms with van der Waals surface area (Å²) in [5.74, 6) is -0.0688. The molecule has 1 aromatic rings. The van der Waals surface area contributed by atoms with Gasteiger partial charge in [0.2, 0.25) is 5.91 Å².